The van der Waals surface area contributed by atoms with E-state index in [1.807, 2.05) is 45.9 Å². The molecule has 0 bridgehead atoms. The highest BCUT2D eigenvalue weighted by atomic mass is 16.4. The number of aliphatic carboxylic acids is 2. The van der Waals surface area contributed by atoms with Crippen LogP contribution in [-0.4, -0.2) is 36.9 Å². The van der Waals surface area contributed by atoms with Gasteiger partial charge < -0.3 is 10.2 Å². The molecule has 0 amide bonds. The summed E-state index contributed by atoms with van der Waals surface area (Å²) in [7, 11) is 0. The van der Waals surface area contributed by atoms with Crippen molar-refractivity contribution in [1.82, 2.24) is 14.8 Å². The minimum Gasteiger partial charge on any atom is -0.478 e. The van der Waals surface area contributed by atoms with E-state index in [-0.39, 0.29) is 0 Å². The summed E-state index contributed by atoms with van der Waals surface area (Å²) < 4.78 is 1.72. The summed E-state index contributed by atoms with van der Waals surface area (Å²) in [5.74, 6) is -2.51. The fourth-order valence-corrected chi connectivity index (χ4v) is 2.28. The van der Waals surface area contributed by atoms with E-state index < -0.39 is 22.8 Å². The number of nitriles is 2. The fourth-order valence-electron chi connectivity index (χ4n) is 2.28. The van der Waals surface area contributed by atoms with Crippen LogP contribution in [0, 0.1) is 22.7 Å². The number of benzene rings is 1. The molecule has 9 heteroatoms. The van der Waals surface area contributed by atoms with E-state index in [0.717, 1.165) is 16.7 Å². The van der Waals surface area contributed by atoms with Gasteiger partial charge in [0.15, 0.2) is 0 Å². The smallest absolute Gasteiger partial charge is 0.328 e. The van der Waals surface area contributed by atoms with Gasteiger partial charge in [0, 0.05) is 12.2 Å². The van der Waals surface area contributed by atoms with E-state index >= 15 is 0 Å². The number of hydrogen-bond acceptors (Lipinski definition) is 6. The molecule has 0 aliphatic rings. The highest BCUT2D eigenvalue weighted by molar-refractivity contribution is 5.89. The Balaban J connectivity index is 0.000000479. The monoisotopic (exact) mass is 409 g/mol. The Morgan fingerprint density at radius 3 is 1.80 bits per heavy atom. The Morgan fingerprint density at radius 2 is 1.47 bits per heavy atom. The van der Waals surface area contributed by atoms with Crippen LogP contribution in [0.4, 0.5) is 0 Å². The Morgan fingerprint density at radius 1 is 1.00 bits per heavy atom. The van der Waals surface area contributed by atoms with Gasteiger partial charge in [-0.2, -0.15) is 15.6 Å². The normalized spacial score (nSPS) is 11.1. The average molecular weight is 409 g/mol. The topological polar surface area (TPSA) is 153 Å². The van der Waals surface area contributed by atoms with E-state index in [0.29, 0.717) is 18.7 Å². The zero-order chi connectivity index (χ0) is 22.9. The Hall–Kier alpha value is -3.98. The summed E-state index contributed by atoms with van der Waals surface area (Å²) in [4.78, 5) is 23.0. The number of carboxylic acid groups (broad SMARTS) is 2. The van der Waals surface area contributed by atoms with Gasteiger partial charge in [-0.15, -0.1) is 0 Å². The van der Waals surface area contributed by atoms with Crippen molar-refractivity contribution >= 4 is 11.9 Å². The lowest BCUT2D eigenvalue weighted by molar-refractivity contribution is -0.134. The molecule has 156 valence electrons. The van der Waals surface area contributed by atoms with Gasteiger partial charge in [-0.05, 0) is 44.4 Å². The summed E-state index contributed by atoms with van der Waals surface area (Å²) in [5, 5.41) is 38.5. The zero-order valence-electron chi connectivity index (χ0n) is 17.2. The number of aromatic nitrogens is 3. The molecule has 0 aliphatic carbocycles. The first-order valence-corrected chi connectivity index (χ1v) is 8.85. The van der Waals surface area contributed by atoms with Gasteiger partial charge in [0.05, 0.1) is 29.5 Å². The molecule has 0 spiro atoms. The molecule has 0 aliphatic heterocycles. The van der Waals surface area contributed by atoms with E-state index in [1.165, 1.54) is 6.33 Å². The van der Waals surface area contributed by atoms with Gasteiger partial charge in [0.2, 0.25) is 0 Å². The first kappa shape index (κ1) is 24.1. The molecule has 1 aromatic heterocycles. The molecule has 0 radical (unpaired) electrons. The summed E-state index contributed by atoms with van der Waals surface area (Å²) in [5.41, 5.74) is 1.60. The molecule has 0 saturated carbocycles. The van der Waals surface area contributed by atoms with Crippen LogP contribution in [0.25, 0.3) is 0 Å². The quantitative estimate of drug-likeness (QED) is 0.690. The predicted octanol–water partition coefficient (Wildman–Crippen LogP) is 2.64. The number of carboxylic acids is 2. The van der Waals surface area contributed by atoms with Crippen LogP contribution in [0.15, 0.2) is 43.0 Å². The Kier molecular flexibility index (Phi) is 8.01. The van der Waals surface area contributed by atoms with Crippen LogP contribution >= 0.6 is 0 Å². The second-order valence-electron chi connectivity index (χ2n) is 7.50. The summed E-state index contributed by atoms with van der Waals surface area (Å²) >= 11 is 0. The van der Waals surface area contributed by atoms with Crippen molar-refractivity contribution in [2.75, 3.05) is 0 Å². The molecular weight excluding hydrogens is 386 g/mol. The maximum absolute atomic E-state index is 9.55. The van der Waals surface area contributed by atoms with E-state index in [1.54, 1.807) is 11.0 Å². The third-order valence-electron chi connectivity index (χ3n) is 4.17. The van der Waals surface area contributed by atoms with Crippen LogP contribution in [0.2, 0.25) is 0 Å². The molecule has 2 N–H and O–H groups in total. The fraction of sp³-hybridized carbons (Fsp3) is 0.333. The first-order chi connectivity index (χ1) is 13.9. The standard InChI is InChI=1S/C17H19N5.C4H4O4/c1-16(2,9-18)14-5-13(8-22-12-20-11-21-22)6-15(7-14)17(3,4)10-19;5-3(6)1-2-4(7)8/h5-7,11-12H,8H2,1-4H3;1-2H,(H,5,6)(H,7,8). The lowest BCUT2D eigenvalue weighted by atomic mass is 9.79. The van der Waals surface area contributed by atoms with Crippen molar-refractivity contribution in [3.05, 3.63) is 59.7 Å². The van der Waals surface area contributed by atoms with Crippen LogP contribution in [0.5, 0.6) is 0 Å². The molecule has 9 nitrogen and oxygen atoms in total. The first-order valence-electron chi connectivity index (χ1n) is 8.85. The molecule has 2 aromatic rings. The molecule has 0 unspecified atom stereocenters. The van der Waals surface area contributed by atoms with Gasteiger partial charge in [0.1, 0.15) is 12.7 Å². The van der Waals surface area contributed by atoms with Crippen molar-refractivity contribution in [2.24, 2.45) is 0 Å². The molecule has 1 heterocycles. The van der Waals surface area contributed by atoms with E-state index in [4.69, 9.17) is 10.2 Å². The Bertz CT molecular complexity index is 949. The molecular formula is C21H23N5O4. The van der Waals surface area contributed by atoms with Crippen LogP contribution in [-0.2, 0) is 27.0 Å². The molecule has 1 aromatic carbocycles. The lowest BCUT2D eigenvalue weighted by Gasteiger charge is -2.23. The third kappa shape index (κ3) is 7.21. The molecule has 0 fully saturated rings. The van der Waals surface area contributed by atoms with Gasteiger partial charge in [0.25, 0.3) is 0 Å². The highest BCUT2D eigenvalue weighted by Gasteiger charge is 2.26. The predicted molar refractivity (Wildman–Crippen MR) is 107 cm³/mol. The third-order valence-corrected chi connectivity index (χ3v) is 4.17. The van der Waals surface area contributed by atoms with Crippen molar-refractivity contribution < 1.29 is 19.8 Å². The summed E-state index contributed by atoms with van der Waals surface area (Å²) in [6.45, 7) is 8.08. The number of nitrogens with zero attached hydrogens (tertiary/aromatic N) is 5. The molecule has 2 rings (SSSR count). The van der Waals surface area contributed by atoms with Gasteiger partial charge in [-0.1, -0.05) is 18.2 Å². The number of carbonyl (C=O) groups is 2. The largest absolute Gasteiger partial charge is 0.478 e. The summed E-state index contributed by atoms with van der Waals surface area (Å²) in [6.07, 6.45) is 4.26. The Labute approximate surface area is 174 Å². The average Bonchev–Trinajstić information content (AvgIpc) is 3.19. The van der Waals surface area contributed by atoms with Gasteiger partial charge in [-0.25, -0.2) is 19.3 Å². The second kappa shape index (κ2) is 9.99. The van der Waals surface area contributed by atoms with Crippen molar-refractivity contribution in [3.8, 4) is 12.1 Å². The van der Waals surface area contributed by atoms with E-state index in [2.05, 4.69) is 22.2 Å². The van der Waals surface area contributed by atoms with Crippen LogP contribution < -0.4 is 0 Å². The molecule has 0 saturated heterocycles. The molecule has 0 atom stereocenters. The lowest BCUT2D eigenvalue weighted by Crippen LogP contribution is -2.20. The van der Waals surface area contributed by atoms with Crippen LogP contribution in [0.1, 0.15) is 44.4 Å². The van der Waals surface area contributed by atoms with Crippen molar-refractivity contribution in [3.63, 3.8) is 0 Å². The maximum Gasteiger partial charge on any atom is 0.328 e. The van der Waals surface area contributed by atoms with E-state index in [9.17, 15) is 20.1 Å². The SMILES string of the molecule is CC(C)(C#N)c1cc(Cn2cncn2)cc(C(C)(C)C#N)c1.O=C(O)C=CC(=O)O. The van der Waals surface area contributed by atoms with Gasteiger partial charge in [-0.3, -0.25) is 0 Å². The van der Waals surface area contributed by atoms with Crippen molar-refractivity contribution in [1.29, 1.82) is 10.5 Å². The highest BCUT2D eigenvalue weighted by Crippen LogP contribution is 2.30. The second-order valence-corrected chi connectivity index (χ2v) is 7.50. The zero-order valence-corrected chi connectivity index (χ0v) is 17.2. The molecule has 30 heavy (non-hydrogen) atoms. The minimum atomic E-state index is -1.26. The maximum atomic E-state index is 9.55. The summed E-state index contributed by atoms with van der Waals surface area (Å²) in [6, 6.07) is 10.6. The number of rotatable bonds is 6. The van der Waals surface area contributed by atoms with Crippen LogP contribution in [0.3, 0.4) is 0 Å². The van der Waals surface area contributed by atoms with Gasteiger partial charge >= 0.3 is 11.9 Å². The minimum absolute atomic E-state index is 0.558. The number of hydrogen-bond donors (Lipinski definition) is 2. The van der Waals surface area contributed by atoms with Crippen molar-refractivity contribution in [2.45, 2.75) is 45.1 Å².